The predicted octanol–water partition coefficient (Wildman–Crippen LogP) is 3.65. The molecule has 1 N–H and O–H groups in total. The molecule has 0 aliphatic carbocycles. The van der Waals surface area contributed by atoms with Crippen LogP contribution in [0.4, 0.5) is 0 Å². The van der Waals surface area contributed by atoms with Crippen LogP contribution in [0.1, 0.15) is 52.4 Å². The summed E-state index contributed by atoms with van der Waals surface area (Å²) in [5, 5.41) is 3.42. The highest BCUT2D eigenvalue weighted by Crippen LogP contribution is 2.34. The molecule has 1 aliphatic rings. The van der Waals surface area contributed by atoms with Crippen molar-refractivity contribution >= 4 is 0 Å². The fourth-order valence-corrected chi connectivity index (χ4v) is 2.83. The van der Waals surface area contributed by atoms with Crippen molar-refractivity contribution in [2.75, 3.05) is 13.1 Å². The number of hydrogen-bond acceptors (Lipinski definition) is 3. The van der Waals surface area contributed by atoms with Crippen molar-refractivity contribution < 1.29 is 4.42 Å². The predicted molar refractivity (Wildman–Crippen MR) is 83.5 cm³/mol. The van der Waals surface area contributed by atoms with Crippen LogP contribution in [0.5, 0.6) is 0 Å². The zero-order valence-electron chi connectivity index (χ0n) is 13.7. The normalized spacial score (nSPS) is 21.0. The van der Waals surface area contributed by atoms with Crippen LogP contribution >= 0.6 is 0 Å². The highest BCUT2D eigenvalue weighted by atomic mass is 16.3. The SMILES string of the molecule is CC(C)NCc1coc(CN2CCC(C(C)(C)C)C2)c1. The Morgan fingerprint density at radius 3 is 2.75 bits per heavy atom. The van der Waals surface area contributed by atoms with Crippen molar-refractivity contribution in [1.82, 2.24) is 10.2 Å². The van der Waals surface area contributed by atoms with Crippen LogP contribution in [0.15, 0.2) is 16.7 Å². The van der Waals surface area contributed by atoms with Crippen LogP contribution in [0.2, 0.25) is 0 Å². The lowest BCUT2D eigenvalue weighted by molar-refractivity contribution is 0.219. The van der Waals surface area contributed by atoms with Gasteiger partial charge in [-0.25, -0.2) is 0 Å². The Bertz CT molecular complexity index is 417. The van der Waals surface area contributed by atoms with Crippen LogP contribution in [0.25, 0.3) is 0 Å². The minimum absolute atomic E-state index is 0.421. The van der Waals surface area contributed by atoms with E-state index in [9.17, 15) is 0 Å². The summed E-state index contributed by atoms with van der Waals surface area (Å²) < 4.78 is 5.70. The quantitative estimate of drug-likeness (QED) is 0.891. The molecule has 0 spiro atoms. The molecule has 3 nitrogen and oxygen atoms in total. The third-order valence-electron chi connectivity index (χ3n) is 4.30. The molecule has 2 heterocycles. The molecule has 1 aliphatic heterocycles. The molecule has 0 radical (unpaired) electrons. The first-order valence-corrected chi connectivity index (χ1v) is 7.86. The van der Waals surface area contributed by atoms with Crippen molar-refractivity contribution in [3.8, 4) is 0 Å². The third kappa shape index (κ3) is 4.35. The zero-order chi connectivity index (χ0) is 14.8. The van der Waals surface area contributed by atoms with E-state index in [1.54, 1.807) is 0 Å². The van der Waals surface area contributed by atoms with Crippen molar-refractivity contribution in [1.29, 1.82) is 0 Å². The van der Waals surface area contributed by atoms with Crippen LogP contribution in [-0.2, 0) is 13.1 Å². The Morgan fingerprint density at radius 1 is 1.40 bits per heavy atom. The average molecular weight is 278 g/mol. The number of nitrogens with zero attached hydrogens (tertiary/aromatic N) is 1. The first-order chi connectivity index (χ1) is 9.34. The molecule has 1 fully saturated rings. The molecule has 1 unspecified atom stereocenters. The monoisotopic (exact) mass is 278 g/mol. The van der Waals surface area contributed by atoms with Crippen molar-refractivity contribution in [2.45, 2.75) is 60.2 Å². The van der Waals surface area contributed by atoms with Gasteiger partial charge in [0.15, 0.2) is 0 Å². The standard InChI is InChI=1S/C17H30N2O/c1-13(2)18-9-14-8-16(20-12-14)11-19-7-6-15(10-19)17(3,4)5/h8,12-13,15,18H,6-7,9-11H2,1-5H3. The van der Waals surface area contributed by atoms with Gasteiger partial charge in [0.2, 0.25) is 0 Å². The highest BCUT2D eigenvalue weighted by Gasteiger charge is 2.31. The van der Waals surface area contributed by atoms with Crippen LogP contribution in [-0.4, -0.2) is 24.0 Å². The van der Waals surface area contributed by atoms with Crippen LogP contribution in [0.3, 0.4) is 0 Å². The summed E-state index contributed by atoms with van der Waals surface area (Å²) >= 11 is 0. The van der Waals surface area contributed by atoms with Gasteiger partial charge in [-0.2, -0.15) is 0 Å². The summed E-state index contributed by atoms with van der Waals surface area (Å²) in [6, 6.07) is 2.71. The largest absolute Gasteiger partial charge is 0.468 e. The van der Waals surface area contributed by atoms with E-state index >= 15 is 0 Å². The molecule has 0 saturated carbocycles. The van der Waals surface area contributed by atoms with E-state index < -0.39 is 0 Å². The van der Waals surface area contributed by atoms with Gasteiger partial charge in [0.1, 0.15) is 5.76 Å². The lowest BCUT2D eigenvalue weighted by atomic mass is 9.80. The topological polar surface area (TPSA) is 28.4 Å². The molecule has 3 heteroatoms. The maximum atomic E-state index is 5.70. The molecule has 114 valence electrons. The van der Waals surface area contributed by atoms with Crippen molar-refractivity contribution in [2.24, 2.45) is 11.3 Å². The zero-order valence-corrected chi connectivity index (χ0v) is 13.7. The minimum Gasteiger partial charge on any atom is -0.468 e. The Kier molecular flexibility index (Phi) is 4.92. The third-order valence-corrected chi connectivity index (χ3v) is 4.30. The fraction of sp³-hybridized carbons (Fsp3) is 0.765. The molecule has 1 aromatic heterocycles. The van der Waals surface area contributed by atoms with Gasteiger partial charge in [-0.05, 0) is 30.4 Å². The summed E-state index contributed by atoms with van der Waals surface area (Å²) in [7, 11) is 0. The number of rotatable bonds is 5. The second-order valence-corrected chi connectivity index (χ2v) is 7.54. The van der Waals surface area contributed by atoms with E-state index in [-0.39, 0.29) is 0 Å². The van der Waals surface area contributed by atoms with Gasteiger partial charge >= 0.3 is 0 Å². The first kappa shape index (κ1) is 15.6. The van der Waals surface area contributed by atoms with E-state index in [2.05, 4.69) is 50.9 Å². The second-order valence-electron chi connectivity index (χ2n) is 7.54. The van der Waals surface area contributed by atoms with E-state index in [4.69, 9.17) is 4.42 Å². The van der Waals surface area contributed by atoms with Gasteiger partial charge in [-0.15, -0.1) is 0 Å². The molecule has 0 amide bonds. The average Bonchev–Trinajstić information content (AvgIpc) is 2.95. The van der Waals surface area contributed by atoms with Gasteiger partial charge in [0.05, 0.1) is 12.8 Å². The molecule has 0 aromatic carbocycles. The summed E-state index contributed by atoms with van der Waals surface area (Å²) in [6.45, 7) is 15.6. The number of nitrogens with one attached hydrogen (secondary N) is 1. The molecular formula is C17H30N2O. The molecule has 1 aromatic rings. The molecule has 0 bridgehead atoms. The summed E-state index contributed by atoms with van der Waals surface area (Å²) in [4.78, 5) is 2.52. The minimum atomic E-state index is 0.421. The van der Waals surface area contributed by atoms with E-state index in [0.29, 0.717) is 11.5 Å². The molecule has 1 atom stereocenters. The summed E-state index contributed by atoms with van der Waals surface area (Å²) in [5.41, 5.74) is 1.67. The molecule has 20 heavy (non-hydrogen) atoms. The number of furan rings is 1. The summed E-state index contributed by atoms with van der Waals surface area (Å²) in [5.74, 6) is 1.90. The Balaban J connectivity index is 1.83. The Labute approximate surface area is 123 Å². The van der Waals surface area contributed by atoms with E-state index in [0.717, 1.165) is 24.8 Å². The lowest BCUT2D eigenvalue weighted by Gasteiger charge is -2.26. The second kappa shape index (κ2) is 6.31. The number of hydrogen-bond donors (Lipinski definition) is 1. The molecule has 2 rings (SSSR count). The van der Waals surface area contributed by atoms with Gasteiger partial charge in [-0.1, -0.05) is 34.6 Å². The van der Waals surface area contributed by atoms with Gasteiger partial charge in [0, 0.05) is 24.7 Å². The van der Waals surface area contributed by atoms with E-state index in [1.165, 1.54) is 25.1 Å². The van der Waals surface area contributed by atoms with Crippen LogP contribution in [0, 0.1) is 11.3 Å². The maximum absolute atomic E-state index is 5.70. The smallest absolute Gasteiger partial charge is 0.118 e. The molecule has 1 saturated heterocycles. The highest BCUT2D eigenvalue weighted by molar-refractivity contribution is 5.13. The Morgan fingerprint density at radius 2 is 2.15 bits per heavy atom. The maximum Gasteiger partial charge on any atom is 0.118 e. The summed E-state index contributed by atoms with van der Waals surface area (Å²) in [6.07, 6.45) is 3.20. The number of likely N-dealkylation sites (tertiary alicyclic amines) is 1. The van der Waals surface area contributed by atoms with E-state index in [1.807, 2.05) is 6.26 Å². The van der Waals surface area contributed by atoms with Gasteiger partial charge < -0.3 is 9.73 Å². The van der Waals surface area contributed by atoms with Crippen LogP contribution < -0.4 is 5.32 Å². The fourth-order valence-electron chi connectivity index (χ4n) is 2.83. The lowest BCUT2D eigenvalue weighted by Crippen LogP contribution is -2.25. The van der Waals surface area contributed by atoms with Crippen molar-refractivity contribution in [3.05, 3.63) is 23.7 Å². The Hall–Kier alpha value is -0.800. The first-order valence-electron chi connectivity index (χ1n) is 7.86. The van der Waals surface area contributed by atoms with Gasteiger partial charge in [0.25, 0.3) is 0 Å². The van der Waals surface area contributed by atoms with Gasteiger partial charge in [-0.3, -0.25) is 4.90 Å². The van der Waals surface area contributed by atoms with Crippen molar-refractivity contribution in [3.63, 3.8) is 0 Å². The molecular weight excluding hydrogens is 248 g/mol.